The van der Waals surface area contributed by atoms with E-state index in [2.05, 4.69) is 10.6 Å². The van der Waals surface area contributed by atoms with Gasteiger partial charge in [-0.25, -0.2) is 0 Å². The van der Waals surface area contributed by atoms with Crippen molar-refractivity contribution in [3.8, 4) is 0 Å². The highest BCUT2D eigenvalue weighted by molar-refractivity contribution is 5.85. The van der Waals surface area contributed by atoms with Crippen molar-refractivity contribution >= 4 is 18.3 Å². The van der Waals surface area contributed by atoms with Gasteiger partial charge in [0.1, 0.15) is 0 Å². The third-order valence-corrected chi connectivity index (χ3v) is 2.77. The van der Waals surface area contributed by atoms with Crippen LogP contribution in [-0.4, -0.2) is 37.3 Å². The van der Waals surface area contributed by atoms with E-state index in [0.717, 1.165) is 19.3 Å². The van der Waals surface area contributed by atoms with Gasteiger partial charge in [0.05, 0.1) is 12.6 Å². The number of carbonyl (C=O) groups excluding carboxylic acids is 1. The van der Waals surface area contributed by atoms with Crippen LogP contribution in [0.2, 0.25) is 0 Å². The number of hydrogen-bond acceptors (Lipinski definition) is 3. The number of aliphatic hydroxyl groups excluding tert-OH is 1. The summed E-state index contributed by atoms with van der Waals surface area (Å²) in [6, 6.07) is 0. The molecule has 5 heteroatoms. The number of amides is 1. The highest BCUT2D eigenvalue weighted by Gasteiger charge is 2.22. The Labute approximate surface area is 97.2 Å². The molecule has 2 atom stereocenters. The maximum Gasteiger partial charge on any atom is 0.233 e. The van der Waals surface area contributed by atoms with E-state index in [4.69, 9.17) is 0 Å². The summed E-state index contributed by atoms with van der Waals surface area (Å²) in [6.07, 6.45) is 3.97. The number of nitrogens with one attached hydrogen (secondary N) is 2. The quantitative estimate of drug-likeness (QED) is 0.658. The molecule has 0 aromatic rings. The summed E-state index contributed by atoms with van der Waals surface area (Å²) >= 11 is 0. The normalized spacial score (nSPS) is 25.5. The highest BCUT2D eigenvalue weighted by Crippen LogP contribution is 2.23. The number of aliphatic hydroxyl groups is 1. The first-order chi connectivity index (χ1) is 6.74. The molecular formula is C10H21ClN2O2. The van der Waals surface area contributed by atoms with E-state index in [9.17, 15) is 9.90 Å². The number of carbonyl (C=O) groups is 1. The third-order valence-electron chi connectivity index (χ3n) is 2.77. The number of halogens is 1. The van der Waals surface area contributed by atoms with Crippen LogP contribution in [0.25, 0.3) is 0 Å². The minimum absolute atomic E-state index is 0. The van der Waals surface area contributed by atoms with Gasteiger partial charge in [0.25, 0.3) is 0 Å². The first kappa shape index (κ1) is 14.7. The van der Waals surface area contributed by atoms with E-state index in [0.29, 0.717) is 13.1 Å². The Hall–Kier alpha value is -0.320. The highest BCUT2D eigenvalue weighted by atomic mass is 35.5. The minimum Gasteiger partial charge on any atom is -0.393 e. The molecule has 1 fully saturated rings. The first-order valence-corrected chi connectivity index (χ1v) is 5.33. The molecule has 1 amide bonds. The topological polar surface area (TPSA) is 61.4 Å². The average molecular weight is 237 g/mol. The van der Waals surface area contributed by atoms with Crippen molar-refractivity contribution in [2.45, 2.75) is 31.8 Å². The zero-order chi connectivity index (χ0) is 10.4. The van der Waals surface area contributed by atoms with Crippen LogP contribution in [0.15, 0.2) is 0 Å². The van der Waals surface area contributed by atoms with Crippen LogP contribution in [0.1, 0.15) is 25.7 Å². The fourth-order valence-corrected chi connectivity index (χ4v) is 1.89. The van der Waals surface area contributed by atoms with Gasteiger partial charge in [-0.3, -0.25) is 4.79 Å². The SMILES string of the molecule is CNCC(=O)NCC1CCCCC1O.Cl. The molecule has 0 heterocycles. The Morgan fingerprint density at radius 2 is 2.07 bits per heavy atom. The maximum atomic E-state index is 11.1. The van der Waals surface area contributed by atoms with Crippen LogP contribution in [0.5, 0.6) is 0 Å². The predicted octanol–water partition coefficient (Wildman–Crippen LogP) is 0.295. The molecule has 0 bridgehead atoms. The second kappa shape index (κ2) is 7.91. The second-order valence-electron chi connectivity index (χ2n) is 3.95. The van der Waals surface area contributed by atoms with Crippen molar-refractivity contribution in [1.29, 1.82) is 0 Å². The fraction of sp³-hybridized carbons (Fsp3) is 0.900. The lowest BCUT2D eigenvalue weighted by Crippen LogP contribution is -2.39. The zero-order valence-electron chi connectivity index (χ0n) is 9.16. The van der Waals surface area contributed by atoms with Crippen LogP contribution in [0.3, 0.4) is 0 Å². The molecule has 0 aromatic carbocycles. The molecule has 0 saturated heterocycles. The lowest BCUT2D eigenvalue weighted by molar-refractivity contribution is -0.120. The van der Waals surface area contributed by atoms with Crippen molar-refractivity contribution < 1.29 is 9.90 Å². The summed E-state index contributed by atoms with van der Waals surface area (Å²) in [4.78, 5) is 11.1. The summed E-state index contributed by atoms with van der Waals surface area (Å²) in [7, 11) is 1.75. The van der Waals surface area contributed by atoms with Gasteiger partial charge in [-0.2, -0.15) is 0 Å². The van der Waals surface area contributed by atoms with E-state index in [-0.39, 0.29) is 30.3 Å². The van der Waals surface area contributed by atoms with Gasteiger partial charge in [-0.15, -0.1) is 12.4 Å². The van der Waals surface area contributed by atoms with Crippen molar-refractivity contribution in [1.82, 2.24) is 10.6 Å². The first-order valence-electron chi connectivity index (χ1n) is 5.33. The van der Waals surface area contributed by atoms with E-state index in [1.807, 2.05) is 0 Å². The van der Waals surface area contributed by atoms with Gasteiger partial charge < -0.3 is 15.7 Å². The Balaban J connectivity index is 0.00000196. The average Bonchev–Trinajstić information content (AvgIpc) is 2.17. The zero-order valence-corrected chi connectivity index (χ0v) is 9.98. The Kier molecular flexibility index (Phi) is 7.74. The predicted molar refractivity (Wildman–Crippen MR) is 62.1 cm³/mol. The molecule has 1 aliphatic carbocycles. The van der Waals surface area contributed by atoms with Gasteiger partial charge in [-0.1, -0.05) is 12.8 Å². The van der Waals surface area contributed by atoms with Crippen LogP contribution in [0, 0.1) is 5.92 Å². The summed E-state index contributed by atoms with van der Waals surface area (Å²) in [6.45, 7) is 0.963. The molecule has 0 radical (unpaired) electrons. The van der Waals surface area contributed by atoms with Crippen LogP contribution in [0.4, 0.5) is 0 Å². The second-order valence-corrected chi connectivity index (χ2v) is 3.95. The van der Waals surface area contributed by atoms with Gasteiger partial charge in [0, 0.05) is 12.5 Å². The smallest absolute Gasteiger partial charge is 0.233 e. The Bertz CT molecular complexity index is 190. The lowest BCUT2D eigenvalue weighted by atomic mass is 9.86. The maximum absolute atomic E-state index is 11.1. The summed E-state index contributed by atoms with van der Waals surface area (Å²) < 4.78 is 0. The number of rotatable bonds is 4. The van der Waals surface area contributed by atoms with Crippen LogP contribution >= 0.6 is 12.4 Å². The van der Waals surface area contributed by atoms with Crippen molar-refractivity contribution in [3.63, 3.8) is 0 Å². The number of hydrogen-bond donors (Lipinski definition) is 3. The van der Waals surface area contributed by atoms with E-state index in [1.165, 1.54) is 6.42 Å². The standard InChI is InChI=1S/C10H20N2O2.ClH/c1-11-7-10(14)12-6-8-4-2-3-5-9(8)13;/h8-9,11,13H,2-7H2,1H3,(H,12,14);1H. The Morgan fingerprint density at radius 1 is 1.40 bits per heavy atom. The number of likely N-dealkylation sites (N-methyl/N-ethyl adjacent to an activating group) is 1. The lowest BCUT2D eigenvalue weighted by Gasteiger charge is -2.27. The van der Waals surface area contributed by atoms with Gasteiger partial charge in [0.15, 0.2) is 0 Å². The molecule has 0 spiro atoms. The molecular weight excluding hydrogens is 216 g/mol. The summed E-state index contributed by atoms with van der Waals surface area (Å²) in [5, 5.41) is 15.3. The van der Waals surface area contributed by atoms with Crippen molar-refractivity contribution in [2.75, 3.05) is 20.1 Å². The molecule has 90 valence electrons. The summed E-state index contributed by atoms with van der Waals surface area (Å²) in [5.74, 6) is 0.259. The van der Waals surface area contributed by atoms with Crippen LogP contribution < -0.4 is 10.6 Å². The molecule has 2 unspecified atom stereocenters. The molecule has 1 aliphatic rings. The Morgan fingerprint density at radius 3 is 2.67 bits per heavy atom. The van der Waals surface area contributed by atoms with Crippen molar-refractivity contribution in [2.24, 2.45) is 5.92 Å². The fourth-order valence-electron chi connectivity index (χ4n) is 1.89. The molecule has 1 saturated carbocycles. The molecule has 0 aromatic heterocycles. The van der Waals surface area contributed by atoms with Crippen molar-refractivity contribution in [3.05, 3.63) is 0 Å². The van der Waals surface area contributed by atoms with E-state index < -0.39 is 0 Å². The summed E-state index contributed by atoms with van der Waals surface area (Å²) in [5.41, 5.74) is 0. The third kappa shape index (κ3) is 5.35. The van der Waals surface area contributed by atoms with Gasteiger partial charge in [-0.05, 0) is 19.9 Å². The van der Waals surface area contributed by atoms with Gasteiger partial charge in [0.2, 0.25) is 5.91 Å². The molecule has 0 aliphatic heterocycles. The minimum atomic E-state index is -0.223. The monoisotopic (exact) mass is 236 g/mol. The molecule has 1 rings (SSSR count). The molecule has 4 nitrogen and oxygen atoms in total. The van der Waals surface area contributed by atoms with Crippen LogP contribution in [-0.2, 0) is 4.79 Å². The van der Waals surface area contributed by atoms with E-state index >= 15 is 0 Å². The largest absolute Gasteiger partial charge is 0.393 e. The van der Waals surface area contributed by atoms with Gasteiger partial charge >= 0.3 is 0 Å². The van der Waals surface area contributed by atoms with E-state index in [1.54, 1.807) is 7.05 Å². The molecule has 15 heavy (non-hydrogen) atoms. The molecule has 3 N–H and O–H groups in total.